The number of fused-ring (bicyclic) bond motifs is 1. The summed E-state index contributed by atoms with van der Waals surface area (Å²) in [7, 11) is -3.37. The van der Waals surface area contributed by atoms with Crippen LogP contribution < -0.4 is 10.3 Å². The number of hydrogen-bond acceptors (Lipinski definition) is 13. The number of aromatic nitrogens is 3. The lowest BCUT2D eigenvalue weighted by atomic mass is 9.96. The number of methoxy groups -OCH3 is 1. The van der Waals surface area contributed by atoms with E-state index in [1.165, 1.54) is 94.9 Å². The maximum absolute atomic E-state index is 14.7. The largest absolute Gasteiger partial charge is 0.530 e. The summed E-state index contributed by atoms with van der Waals surface area (Å²) in [6.45, 7) is 4.09. The summed E-state index contributed by atoms with van der Waals surface area (Å²) < 4.78 is 66.3. The Labute approximate surface area is 363 Å². The summed E-state index contributed by atoms with van der Waals surface area (Å²) in [5.74, 6) is -2.05. The van der Waals surface area contributed by atoms with Crippen LogP contribution in [0.3, 0.4) is 0 Å². The van der Waals surface area contributed by atoms with Crippen LogP contribution in [0.5, 0.6) is 5.75 Å². The number of hydrogen-bond donors (Lipinski definition) is 2. The monoisotopic (exact) mass is 884 g/mol. The average molecular weight is 885 g/mol. The van der Waals surface area contributed by atoms with Crippen LogP contribution in [0, 0.1) is 28.5 Å². The molecule has 0 radical (unpaired) electrons. The highest BCUT2D eigenvalue weighted by atomic mass is 35.5. The number of phosphoric acid groups is 1. The minimum absolute atomic E-state index is 0.000678. The quantitative estimate of drug-likeness (QED) is 0.0297. The molecule has 14 nitrogen and oxygen atoms in total. The van der Waals surface area contributed by atoms with E-state index in [0.717, 1.165) is 31.7 Å². The van der Waals surface area contributed by atoms with Gasteiger partial charge in [0.05, 0.1) is 41.7 Å². The van der Waals surface area contributed by atoms with E-state index >= 15 is 0 Å². The van der Waals surface area contributed by atoms with Gasteiger partial charge in [-0.25, -0.2) is 18.5 Å². The van der Waals surface area contributed by atoms with Crippen LogP contribution in [0.25, 0.3) is 5.52 Å². The van der Waals surface area contributed by atoms with E-state index in [9.17, 15) is 24.6 Å². The minimum Gasteiger partial charge on any atom is -0.402 e. The van der Waals surface area contributed by atoms with Gasteiger partial charge >= 0.3 is 7.82 Å². The van der Waals surface area contributed by atoms with Crippen LogP contribution in [-0.4, -0.2) is 57.5 Å². The highest BCUT2D eigenvalue weighted by Crippen LogP contribution is 2.52. The van der Waals surface area contributed by atoms with Gasteiger partial charge in [0.15, 0.2) is 17.2 Å². The summed E-state index contributed by atoms with van der Waals surface area (Å²) in [4.78, 5) is 4.02. The summed E-state index contributed by atoms with van der Waals surface area (Å²) in [5, 5.41) is 35.2. The van der Waals surface area contributed by atoms with Crippen LogP contribution in [0.1, 0.15) is 127 Å². The van der Waals surface area contributed by atoms with Crippen molar-refractivity contribution in [1.82, 2.24) is 14.6 Å². The van der Waals surface area contributed by atoms with Crippen LogP contribution >= 0.6 is 19.4 Å². The Morgan fingerprint density at radius 2 is 1.67 bits per heavy atom. The SMILES string of the molecule is CCCCCCCCCCCCC[C@@H](COP(=O)(OC[C@](C#N)(C[C@@H](OC(C)(C)O)c1ccc2c(N)ncnn12)OC)Oc1ccccc1Cl)OCc1cc(F)cc(C#N)c1. The van der Waals surface area contributed by atoms with Crippen molar-refractivity contribution >= 4 is 30.8 Å². The molecular weight excluding hydrogens is 826 g/mol. The third-order valence-corrected chi connectivity index (χ3v) is 11.6. The fourth-order valence-corrected chi connectivity index (χ4v) is 8.27. The van der Waals surface area contributed by atoms with Crippen molar-refractivity contribution in [1.29, 1.82) is 10.5 Å². The number of halogens is 2. The number of nitriles is 2. The van der Waals surface area contributed by atoms with Crippen LogP contribution in [0.4, 0.5) is 10.2 Å². The van der Waals surface area contributed by atoms with Gasteiger partial charge in [-0.1, -0.05) is 101 Å². The molecule has 0 saturated carbocycles. The van der Waals surface area contributed by atoms with Gasteiger partial charge in [-0.3, -0.25) is 9.05 Å². The van der Waals surface area contributed by atoms with Crippen molar-refractivity contribution in [3.8, 4) is 17.9 Å². The summed E-state index contributed by atoms with van der Waals surface area (Å²) in [6, 6.07) is 17.7. The fraction of sp³-hybridized carbons (Fsp3) is 0.545. The molecule has 2 aromatic carbocycles. The summed E-state index contributed by atoms with van der Waals surface area (Å²) in [5.41, 5.74) is 5.69. The number of phosphoric ester groups is 1. The van der Waals surface area contributed by atoms with E-state index in [-0.39, 0.29) is 41.8 Å². The van der Waals surface area contributed by atoms with Gasteiger partial charge in [0.1, 0.15) is 42.2 Å². The normalized spacial score (nSPS) is 14.8. The van der Waals surface area contributed by atoms with E-state index in [0.29, 0.717) is 23.2 Å². The maximum Gasteiger partial charge on any atom is 0.530 e. The molecule has 0 aliphatic heterocycles. The molecule has 332 valence electrons. The smallest absolute Gasteiger partial charge is 0.402 e. The van der Waals surface area contributed by atoms with Gasteiger partial charge in [0.25, 0.3) is 0 Å². The molecule has 4 rings (SSSR count). The predicted molar refractivity (Wildman–Crippen MR) is 230 cm³/mol. The van der Waals surface area contributed by atoms with Crippen LogP contribution in [-0.2, 0) is 34.4 Å². The number of rotatable bonds is 29. The number of unbranched alkanes of at least 4 members (excludes halogenated alkanes) is 10. The average Bonchev–Trinajstić information content (AvgIpc) is 3.68. The molecule has 4 atom stereocenters. The number of benzene rings is 2. The lowest BCUT2D eigenvalue weighted by Crippen LogP contribution is -2.39. The Hall–Kier alpha value is -4.15. The lowest BCUT2D eigenvalue weighted by molar-refractivity contribution is -0.219. The topological polar surface area (TPSA) is 196 Å². The molecule has 0 amide bonds. The van der Waals surface area contributed by atoms with Gasteiger partial charge in [0.2, 0.25) is 0 Å². The van der Waals surface area contributed by atoms with E-state index in [1.807, 2.05) is 6.07 Å². The second kappa shape index (κ2) is 24.5. The zero-order valence-electron chi connectivity index (χ0n) is 35.6. The number of para-hydroxylation sites is 1. The van der Waals surface area contributed by atoms with Gasteiger partial charge in [0, 0.05) is 13.5 Å². The first kappa shape index (κ1) is 49.5. The van der Waals surface area contributed by atoms with E-state index in [1.54, 1.807) is 30.3 Å². The molecule has 3 N–H and O–H groups in total. The van der Waals surface area contributed by atoms with E-state index in [4.69, 9.17) is 45.1 Å². The Bertz CT molecular complexity index is 2110. The van der Waals surface area contributed by atoms with Gasteiger partial charge < -0.3 is 29.6 Å². The molecule has 2 heterocycles. The molecule has 0 fully saturated rings. The molecule has 0 saturated heterocycles. The van der Waals surface area contributed by atoms with Crippen molar-refractivity contribution in [2.45, 2.75) is 134 Å². The molecule has 61 heavy (non-hydrogen) atoms. The Balaban J connectivity index is 1.53. The highest BCUT2D eigenvalue weighted by molar-refractivity contribution is 7.49. The number of nitrogens with two attached hydrogens (primary N) is 1. The molecule has 0 bridgehead atoms. The predicted octanol–water partition coefficient (Wildman–Crippen LogP) is 10.6. The zero-order chi connectivity index (χ0) is 44.3. The first-order valence-electron chi connectivity index (χ1n) is 20.8. The molecule has 1 unspecified atom stereocenters. The number of aliphatic hydroxyl groups is 1. The van der Waals surface area contributed by atoms with Crippen LogP contribution in [0.2, 0.25) is 5.02 Å². The molecule has 4 aromatic rings. The Morgan fingerprint density at radius 1 is 0.984 bits per heavy atom. The van der Waals surface area contributed by atoms with Gasteiger partial charge in [-0.2, -0.15) is 15.6 Å². The van der Waals surface area contributed by atoms with Crippen LogP contribution in [0.15, 0.2) is 60.9 Å². The first-order chi connectivity index (χ1) is 29.2. The molecular formula is C44H59ClFN6O8P. The number of ether oxygens (including phenoxy) is 3. The summed E-state index contributed by atoms with van der Waals surface area (Å²) >= 11 is 6.42. The van der Waals surface area contributed by atoms with Crippen molar-refractivity contribution in [2.24, 2.45) is 0 Å². The van der Waals surface area contributed by atoms with E-state index < -0.39 is 43.8 Å². The number of nitrogens with zero attached hydrogens (tertiary/aromatic N) is 5. The Morgan fingerprint density at radius 3 is 2.31 bits per heavy atom. The standard InChI is InChI=1S/C44H59ClFN6O8P/c1-5-6-7-8-9-10-11-12-13-14-15-18-36(56-28-34-23-33(27-47)24-35(46)25-34)29-57-61(54,60-40-20-17-16-19-37(40)45)58-31-44(30-48,55-4)26-41(59-43(2,3)53)38-21-22-39-42(49)50-32-51-52(38)39/h16-17,19-25,32,36,41,53H,5-15,18,26,28-29,31H2,1-4H3,(H2,49,50,51)/t36-,41+,44+,61?/m0/s1. The van der Waals surface area contributed by atoms with Crippen molar-refractivity contribution < 1.29 is 41.8 Å². The third-order valence-electron chi connectivity index (χ3n) is 10.0. The minimum atomic E-state index is -4.65. The molecule has 17 heteroatoms. The highest BCUT2D eigenvalue weighted by Gasteiger charge is 2.42. The van der Waals surface area contributed by atoms with Gasteiger partial charge in [-0.15, -0.1) is 0 Å². The summed E-state index contributed by atoms with van der Waals surface area (Å²) in [6.07, 6.45) is 12.4. The van der Waals surface area contributed by atoms with Crippen molar-refractivity contribution in [3.63, 3.8) is 0 Å². The van der Waals surface area contributed by atoms with Crippen molar-refractivity contribution in [2.75, 3.05) is 26.1 Å². The molecule has 0 spiro atoms. The third kappa shape index (κ3) is 16.2. The van der Waals surface area contributed by atoms with Gasteiger partial charge in [-0.05, 0) is 68.3 Å². The molecule has 0 aliphatic carbocycles. The molecule has 0 aliphatic rings. The second-order valence-electron chi connectivity index (χ2n) is 15.5. The zero-order valence-corrected chi connectivity index (χ0v) is 37.2. The van der Waals surface area contributed by atoms with E-state index in [2.05, 4.69) is 23.1 Å². The second-order valence-corrected chi connectivity index (χ2v) is 17.5. The first-order valence-corrected chi connectivity index (χ1v) is 22.7. The Kier molecular flexibility index (Phi) is 19.9. The maximum atomic E-state index is 14.7. The molecule has 2 aromatic heterocycles. The lowest BCUT2D eigenvalue weighted by Gasteiger charge is -2.33. The van der Waals surface area contributed by atoms with Crippen molar-refractivity contribution in [3.05, 3.63) is 88.6 Å². The number of nitrogen functional groups attached to an aromatic ring is 1. The number of anilines is 1. The fourth-order valence-electron chi connectivity index (χ4n) is 6.75.